The third-order valence-corrected chi connectivity index (χ3v) is 2.98. The summed E-state index contributed by atoms with van der Waals surface area (Å²) in [4.78, 5) is 2.52. The molecule has 86 valence electrons. The van der Waals surface area contributed by atoms with Gasteiger partial charge in [-0.1, -0.05) is 12.8 Å². The third-order valence-electron chi connectivity index (χ3n) is 2.98. The largest absolute Gasteiger partial charge is 0.378 e. The Morgan fingerprint density at radius 3 is 3.13 bits per heavy atom. The Labute approximate surface area is 93.2 Å². The fourth-order valence-corrected chi connectivity index (χ4v) is 2.07. The molecule has 2 atom stereocenters. The lowest BCUT2D eigenvalue weighted by molar-refractivity contribution is -0.0260. The lowest BCUT2D eigenvalue weighted by Crippen LogP contribution is -2.52. The minimum Gasteiger partial charge on any atom is -0.378 e. The van der Waals surface area contributed by atoms with E-state index in [2.05, 4.69) is 30.0 Å². The number of nitrogens with one attached hydrogen (secondary N) is 1. The molecule has 1 rings (SSSR count). The molecule has 0 aromatic heterocycles. The minimum atomic E-state index is 0.534. The van der Waals surface area contributed by atoms with Gasteiger partial charge in [-0.15, -0.1) is 6.42 Å². The zero-order valence-electron chi connectivity index (χ0n) is 9.83. The van der Waals surface area contributed by atoms with E-state index in [1.807, 2.05) is 0 Å². The maximum absolute atomic E-state index is 5.48. The number of hydrogen-bond donors (Lipinski definition) is 1. The molecule has 1 aliphatic rings. The summed E-state index contributed by atoms with van der Waals surface area (Å²) in [5.74, 6) is 2.60. The lowest BCUT2D eigenvalue weighted by atomic mass is 10.1. The van der Waals surface area contributed by atoms with Crippen LogP contribution in [0.2, 0.25) is 0 Å². The zero-order chi connectivity index (χ0) is 11.1. The van der Waals surface area contributed by atoms with Crippen molar-refractivity contribution < 1.29 is 4.74 Å². The molecule has 0 amide bonds. The van der Waals surface area contributed by atoms with E-state index in [0.717, 1.165) is 32.7 Å². The second-order valence-electron chi connectivity index (χ2n) is 4.06. The highest BCUT2D eigenvalue weighted by atomic mass is 16.5. The molecule has 2 unspecified atom stereocenters. The van der Waals surface area contributed by atoms with E-state index in [4.69, 9.17) is 11.2 Å². The first-order chi connectivity index (χ1) is 7.29. The van der Waals surface area contributed by atoms with E-state index in [1.165, 1.54) is 0 Å². The van der Waals surface area contributed by atoms with Crippen LogP contribution >= 0.6 is 0 Å². The summed E-state index contributed by atoms with van der Waals surface area (Å²) < 4.78 is 5.48. The number of nitrogens with zero attached hydrogens (tertiary/aromatic N) is 1. The molecule has 1 aliphatic heterocycles. The Kier molecular flexibility index (Phi) is 5.70. The number of ether oxygens (including phenoxy) is 1. The van der Waals surface area contributed by atoms with Crippen molar-refractivity contribution in [3.63, 3.8) is 0 Å². The summed E-state index contributed by atoms with van der Waals surface area (Å²) in [5, 5.41) is 3.26. The van der Waals surface area contributed by atoms with E-state index in [0.29, 0.717) is 18.6 Å². The van der Waals surface area contributed by atoms with Crippen LogP contribution in [-0.4, -0.2) is 49.8 Å². The number of morpholine rings is 1. The van der Waals surface area contributed by atoms with Gasteiger partial charge in [-0.25, -0.2) is 0 Å². The van der Waals surface area contributed by atoms with Crippen LogP contribution in [0, 0.1) is 12.3 Å². The van der Waals surface area contributed by atoms with Gasteiger partial charge in [-0.05, 0) is 13.3 Å². The highest BCUT2D eigenvalue weighted by molar-refractivity contribution is 4.88. The number of hydrogen-bond acceptors (Lipinski definition) is 3. The molecular formula is C12H22N2O. The minimum absolute atomic E-state index is 0.534. The van der Waals surface area contributed by atoms with Crippen molar-refractivity contribution in [3.8, 4) is 12.3 Å². The van der Waals surface area contributed by atoms with Gasteiger partial charge >= 0.3 is 0 Å². The second kappa shape index (κ2) is 6.84. The van der Waals surface area contributed by atoms with Crippen molar-refractivity contribution in [2.75, 3.05) is 32.8 Å². The van der Waals surface area contributed by atoms with Gasteiger partial charge in [-0.3, -0.25) is 4.90 Å². The highest BCUT2D eigenvalue weighted by Gasteiger charge is 2.25. The molecule has 15 heavy (non-hydrogen) atoms. The van der Waals surface area contributed by atoms with Gasteiger partial charge in [0.15, 0.2) is 0 Å². The van der Waals surface area contributed by atoms with E-state index in [1.54, 1.807) is 0 Å². The van der Waals surface area contributed by atoms with E-state index >= 15 is 0 Å². The first kappa shape index (κ1) is 12.5. The Hall–Kier alpha value is -0.560. The van der Waals surface area contributed by atoms with Crippen LogP contribution in [0.25, 0.3) is 0 Å². The highest BCUT2D eigenvalue weighted by Crippen LogP contribution is 2.13. The van der Waals surface area contributed by atoms with Gasteiger partial charge in [0.25, 0.3) is 0 Å². The maximum Gasteiger partial charge on any atom is 0.0622 e. The Balaban J connectivity index is 2.34. The third kappa shape index (κ3) is 3.83. The summed E-state index contributed by atoms with van der Waals surface area (Å²) in [5.41, 5.74) is 0. The molecule has 0 radical (unpaired) electrons. The van der Waals surface area contributed by atoms with Crippen LogP contribution in [0.4, 0.5) is 0 Å². The standard InChI is InChI=1S/C12H22N2O/c1-4-6-13-9-11(3)14-7-8-15-10-12(14)5-2/h1,11-13H,5-10H2,2-3H3. The Morgan fingerprint density at radius 2 is 2.47 bits per heavy atom. The van der Waals surface area contributed by atoms with Gasteiger partial charge in [0.2, 0.25) is 0 Å². The molecule has 3 heteroatoms. The van der Waals surface area contributed by atoms with Gasteiger partial charge in [0.1, 0.15) is 0 Å². The Bertz CT molecular complexity index is 212. The van der Waals surface area contributed by atoms with E-state index in [9.17, 15) is 0 Å². The summed E-state index contributed by atoms with van der Waals surface area (Å²) >= 11 is 0. The van der Waals surface area contributed by atoms with Crippen molar-refractivity contribution in [3.05, 3.63) is 0 Å². The van der Waals surface area contributed by atoms with Crippen LogP contribution in [0.3, 0.4) is 0 Å². The van der Waals surface area contributed by atoms with Crippen LogP contribution in [0.1, 0.15) is 20.3 Å². The molecule has 0 aromatic rings. The molecule has 0 saturated carbocycles. The first-order valence-electron chi connectivity index (χ1n) is 5.77. The van der Waals surface area contributed by atoms with Gasteiger partial charge in [0.05, 0.1) is 19.8 Å². The molecular weight excluding hydrogens is 188 g/mol. The Morgan fingerprint density at radius 1 is 1.67 bits per heavy atom. The SMILES string of the molecule is C#CCNCC(C)N1CCOCC1CC. The van der Waals surface area contributed by atoms with Gasteiger partial charge in [0, 0.05) is 25.2 Å². The molecule has 1 heterocycles. The second-order valence-corrected chi connectivity index (χ2v) is 4.06. The summed E-state index contributed by atoms with van der Waals surface area (Å²) in [6.45, 7) is 8.85. The van der Waals surface area contributed by atoms with Crippen LogP contribution < -0.4 is 5.32 Å². The molecule has 1 N–H and O–H groups in total. The summed E-state index contributed by atoms with van der Waals surface area (Å²) in [7, 11) is 0. The van der Waals surface area contributed by atoms with Crippen LogP contribution in [-0.2, 0) is 4.74 Å². The average molecular weight is 210 g/mol. The number of terminal acetylenes is 1. The van der Waals surface area contributed by atoms with Crippen molar-refractivity contribution in [2.24, 2.45) is 0 Å². The molecule has 1 fully saturated rings. The lowest BCUT2D eigenvalue weighted by Gasteiger charge is -2.39. The quantitative estimate of drug-likeness (QED) is 0.534. The van der Waals surface area contributed by atoms with E-state index < -0.39 is 0 Å². The molecule has 0 aromatic carbocycles. The summed E-state index contributed by atoms with van der Waals surface area (Å²) in [6, 6.07) is 1.11. The van der Waals surface area contributed by atoms with Gasteiger partial charge in [-0.2, -0.15) is 0 Å². The fourth-order valence-electron chi connectivity index (χ4n) is 2.07. The molecule has 0 bridgehead atoms. The fraction of sp³-hybridized carbons (Fsp3) is 0.833. The zero-order valence-corrected chi connectivity index (χ0v) is 9.83. The summed E-state index contributed by atoms with van der Waals surface area (Å²) in [6.07, 6.45) is 6.35. The normalized spacial score (nSPS) is 24.7. The first-order valence-corrected chi connectivity index (χ1v) is 5.77. The maximum atomic E-state index is 5.48. The predicted molar refractivity (Wildman–Crippen MR) is 62.8 cm³/mol. The predicted octanol–water partition coefficient (Wildman–Crippen LogP) is 0.709. The van der Waals surface area contributed by atoms with Gasteiger partial charge < -0.3 is 10.1 Å². The van der Waals surface area contributed by atoms with Crippen LogP contribution in [0.5, 0.6) is 0 Å². The molecule has 3 nitrogen and oxygen atoms in total. The van der Waals surface area contributed by atoms with Crippen molar-refractivity contribution in [2.45, 2.75) is 32.4 Å². The van der Waals surface area contributed by atoms with Crippen molar-refractivity contribution in [1.82, 2.24) is 10.2 Å². The molecule has 0 spiro atoms. The number of rotatable bonds is 5. The average Bonchev–Trinajstić information content (AvgIpc) is 2.29. The topological polar surface area (TPSA) is 24.5 Å². The molecule has 0 aliphatic carbocycles. The van der Waals surface area contributed by atoms with Crippen LogP contribution in [0.15, 0.2) is 0 Å². The van der Waals surface area contributed by atoms with E-state index in [-0.39, 0.29) is 0 Å². The monoisotopic (exact) mass is 210 g/mol. The molecule has 1 saturated heterocycles. The van der Waals surface area contributed by atoms with Crippen molar-refractivity contribution >= 4 is 0 Å². The van der Waals surface area contributed by atoms with Crippen molar-refractivity contribution in [1.29, 1.82) is 0 Å². The smallest absolute Gasteiger partial charge is 0.0622 e.